The van der Waals surface area contributed by atoms with Crippen molar-refractivity contribution in [3.05, 3.63) is 60.7 Å². The Morgan fingerprint density at radius 1 is 0.977 bits per heavy atom. The van der Waals surface area contributed by atoms with E-state index < -0.39 is 62.9 Å². The van der Waals surface area contributed by atoms with Gasteiger partial charge in [0.25, 0.3) is 8.32 Å². The number of nitrogens with zero attached hydrogens (tertiary/aromatic N) is 1. The van der Waals surface area contributed by atoms with Crippen LogP contribution in [0.25, 0.3) is 0 Å². The van der Waals surface area contributed by atoms with Crippen LogP contribution in [-0.2, 0) is 42.5 Å². The van der Waals surface area contributed by atoms with Gasteiger partial charge in [-0.05, 0) is 36.2 Å². The number of hydroxylamine groups is 2. The molecule has 0 amide bonds. The van der Waals surface area contributed by atoms with Gasteiger partial charge in [0.1, 0.15) is 24.4 Å². The Hall–Kier alpha value is -2.64. The van der Waals surface area contributed by atoms with Crippen LogP contribution in [0.5, 0.6) is 0 Å². The standard InChI is InChI=1S/C32H43NO9Si/c1-8-36-30(35)24-19-26(38-21(2)34)42-33(24)29-28-27(40-32(6,7)41-28)25(39-29)20-37-43(31(3,4)5,22-15-11-9-12-16-22)23-17-13-10-14-18-23/h9-18,24-29H,8,19-20H2,1-7H3/t24-,25-,26?,27-,28-,29+/m1/s1. The molecule has 1 unspecified atom stereocenters. The summed E-state index contributed by atoms with van der Waals surface area (Å²) in [5.74, 6) is -1.91. The number of fused-ring (bicyclic) bond motifs is 1. The number of rotatable bonds is 9. The second-order valence-corrected chi connectivity index (χ2v) is 16.9. The van der Waals surface area contributed by atoms with Gasteiger partial charge in [0, 0.05) is 13.3 Å². The minimum atomic E-state index is -2.87. The van der Waals surface area contributed by atoms with E-state index >= 15 is 0 Å². The van der Waals surface area contributed by atoms with Gasteiger partial charge in [-0.2, -0.15) is 0 Å². The largest absolute Gasteiger partial charge is 0.465 e. The van der Waals surface area contributed by atoms with E-state index in [0.29, 0.717) is 0 Å². The molecule has 3 saturated heterocycles. The zero-order chi connectivity index (χ0) is 31.0. The van der Waals surface area contributed by atoms with E-state index in [4.69, 9.17) is 32.9 Å². The van der Waals surface area contributed by atoms with Crippen molar-refractivity contribution in [2.45, 2.75) is 103 Å². The SMILES string of the molecule is CCOC(=O)[C@H]1CC(OC(C)=O)ON1[C@H]1O[C@H](CO[Si](c2ccccc2)(c2ccccc2)C(C)(C)C)[C@H]2OC(C)(C)O[C@H]21. The number of benzene rings is 2. The fourth-order valence-corrected chi connectivity index (χ4v) is 11.0. The lowest BCUT2D eigenvalue weighted by Gasteiger charge is -2.43. The zero-order valence-electron chi connectivity index (χ0n) is 26.0. The van der Waals surface area contributed by atoms with E-state index in [9.17, 15) is 9.59 Å². The maximum Gasteiger partial charge on any atom is 0.326 e. The van der Waals surface area contributed by atoms with Crippen LogP contribution in [0.3, 0.4) is 0 Å². The topological polar surface area (TPSA) is 102 Å². The highest BCUT2D eigenvalue weighted by Gasteiger charge is 2.61. The first-order chi connectivity index (χ1) is 20.4. The van der Waals surface area contributed by atoms with Crippen LogP contribution in [0.4, 0.5) is 0 Å². The molecule has 234 valence electrons. The number of ether oxygens (including phenoxy) is 5. The lowest BCUT2D eigenvalue weighted by molar-refractivity contribution is -0.309. The van der Waals surface area contributed by atoms with Gasteiger partial charge >= 0.3 is 11.9 Å². The first-order valence-electron chi connectivity index (χ1n) is 14.9. The summed E-state index contributed by atoms with van der Waals surface area (Å²) in [5, 5.41) is 3.48. The summed E-state index contributed by atoms with van der Waals surface area (Å²) in [7, 11) is -2.87. The van der Waals surface area contributed by atoms with Gasteiger partial charge in [-0.25, -0.2) is 0 Å². The molecule has 11 heteroatoms. The molecule has 43 heavy (non-hydrogen) atoms. The van der Waals surface area contributed by atoms with Gasteiger partial charge in [-0.3, -0.25) is 14.4 Å². The second kappa shape index (κ2) is 12.4. The molecular weight excluding hydrogens is 570 g/mol. The van der Waals surface area contributed by atoms with Crippen LogP contribution in [0.2, 0.25) is 5.04 Å². The molecule has 0 spiro atoms. The average molecular weight is 614 g/mol. The summed E-state index contributed by atoms with van der Waals surface area (Å²) in [6.45, 7) is 13.8. The monoisotopic (exact) mass is 613 g/mol. The van der Waals surface area contributed by atoms with Crippen LogP contribution < -0.4 is 10.4 Å². The Labute approximate surface area is 254 Å². The molecule has 0 aromatic heterocycles. The molecule has 2 aromatic rings. The van der Waals surface area contributed by atoms with Crippen LogP contribution in [0.15, 0.2) is 60.7 Å². The molecular formula is C32H43NO9Si. The van der Waals surface area contributed by atoms with Crippen LogP contribution in [0, 0.1) is 0 Å². The number of carbonyl (C=O) groups excluding carboxylic acids is 2. The Morgan fingerprint density at radius 3 is 2.09 bits per heavy atom. The summed E-state index contributed by atoms with van der Waals surface area (Å²) in [5.41, 5.74) is 0. The van der Waals surface area contributed by atoms with Crippen molar-refractivity contribution in [1.82, 2.24) is 5.06 Å². The van der Waals surface area contributed by atoms with Gasteiger partial charge in [0.2, 0.25) is 6.29 Å². The number of hydrogen-bond donors (Lipinski definition) is 0. The van der Waals surface area contributed by atoms with Crippen LogP contribution >= 0.6 is 0 Å². The third kappa shape index (κ3) is 6.30. The van der Waals surface area contributed by atoms with E-state index in [1.165, 1.54) is 12.0 Å². The quantitative estimate of drug-likeness (QED) is 0.309. The van der Waals surface area contributed by atoms with Gasteiger partial charge in [-0.1, -0.05) is 81.4 Å². The molecule has 0 aliphatic carbocycles. The van der Waals surface area contributed by atoms with Crippen molar-refractivity contribution in [3.63, 3.8) is 0 Å². The lowest BCUT2D eigenvalue weighted by atomic mass is 10.1. The molecule has 5 rings (SSSR count). The molecule has 2 aromatic carbocycles. The average Bonchev–Trinajstić information content (AvgIpc) is 3.60. The number of hydrogen-bond acceptors (Lipinski definition) is 10. The third-order valence-electron chi connectivity index (χ3n) is 8.08. The summed E-state index contributed by atoms with van der Waals surface area (Å²) >= 11 is 0. The highest BCUT2D eigenvalue weighted by Crippen LogP contribution is 2.44. The summed E-state index contributed by atoms with van der Waals surface area (Å²) in [4.78, 5) is 30.7. The van der Waals surface area contributed by atoms with E-state index in [1.54, 1.807) is 6.92 Å². The van der Waals surface area contributed by atoms with Crippen LogP contribution in [-0.4, -0.2) is 81.2 Å². The molecule has 0 N–H and O–H groups in total. The Kier molecular flexibility index (Phi) is 9.16. The highest BCUT2D eigenvalue weighted by molar-refractivity contribution is 6.99. The molecule has 3 aliphatic rings. The maximum absolute atomic E-state index is 13.0. The van der Waals surface area contributed by atoms with E-state index in [-0.39, 0.29) is 24.7 Å². The summed E-state index contributed by atoms with van der Waals surface area (Å²) in [6.07, 6.45) is -3.35. The van der Waals surface area contributed by atoms with Crippen molar-refractivity contribution in [1.29, 1.82) is 0 Å². The van der Waals surface area contributed by atoms with Crippen molar-refractivity contribution >= 4 is 30.6 Å². The molecule has 0 bridgehead atoms. The zero-order valence-corrected chi connectivity index (χ0v) is 27.0. The van der Waals surface area contributed by atoms with Crippen molar-refractivity contribution in [2.75, 3.05) is 13.2 Å². The van der Waals surface area contributed by atoms with E-state index in [0.717, 1.165) is 10.4 Å². The molecule has 6 atom stereocenters. The Bertz CT molecular complexity index is 1230. The second-order valence-electron chi connectivity index (χ2n) is 12.6. The maximum atomic E-state index is 13.0. The Balaban J connectivity index is 1.47. The highest BCUT2D eigenvalue weighted by atomic mass is 28.4. The van der Waals surface area contributed by atoms with E-state index in [2.05, 4.69) is 45.0 Å². The van der Waals surface area contributed by atoms with Crippen molar-refractivity contribution in [3.8, 4) is 0 Å². The molecule has 3 aliphatic heterocycles. The van der Waals surface area contributed by atoms with Gasteiger partial charge < -0.3 is 28.1 Å². The minimum Gasteiger partial charge on any atom is -0.465 e. The summed E-state index contributed by atoms with van der Waals surface area (Å²) < 4.78 is 37.1. The smallest absolute Gasteiger partial charge is 0.326 e. The van der Waals surface area contributed by atoms with Crippen molar-refractivity contribution in [2.24, 2.45) is 0 Å². The predicted octanol–water partition coefficient (Wildman–Crippen LogP) is 3.27. The van der Waals surface area contributed by atoms with Gasteiger partial charge in [0.05, 0.1) is 13.2 Å². The van der Waals surface area contributed by atoms with Crippen molar-refractivity contribution < 1.29 is 42.5 Å². The number of esters is 2. The first kappa shape index (κ1) is 31.8. The third-order valence-corrected chi connectivity index (χ3v) is 13.1. The van der Waals surface area contributed by atoms with Gasteiger partial charge in [-0.15, -0.1) is 5.06 Å². The molecule has 10 nitrogen and oxygen atoms in total. The Morgan fingerprint density at radius 2 is 1.56 bits per heavy atom. The fourth-order valence-electron chi connectivity index (χ4n) is 6.44. The lowest BCUT2D eigenvalue weighted by Crippen LogP contribution is -2.67. The normalized spacial score (nSPS) is 28.9. The molecule has 0 radical (unpaired) electrons. The predicted molar refractivity (Wildman–Crippen MR) is 160 cm³/mol. The molecule has 0 saturated carbocycles. The van der Waals surface area contributed by atoms with E-state index in [1.807, 2.05) is 50.2 Å². The molecule has 3 fully saturated rings. The summed E-state index contributed by atoms with van der Waals surface area (Å²) in [6, 6.07) is 19.9. The molecule has 3 heterocycles. The number of carbonyl (C=O) groups is 2. The fraction of sp³-hybridized carbons (Fsp3) is 0.562. The minimum absolute atomic E-state index is 0.100. The van der Waals surface area contributed by atoms with Crippen LogP contribution in [0.1, 0.15) is 54.9 Å². The van der Waals surface area contributed by atoms with Gasteiger partial charge in [0.15, 0.2) is 12.0 Å². The first-order valence-corrected chi connectivity index (χ1v) is 16.8.